The van der Waals surface area contributed by atoms with Crippen LogP contribution in [-0.2, 0) is 17.6 Å². The number of furan rings is 1. The van der Waals surface area contributed by atoms with Crippen LogP contribution in [0.3, 0.4) is 0 Å². The largest absolute Gasteiger partial charge is 0.464 e. The predicted octanol–water partition coefficient (Wildman–Crippen LogP) is 4.01. The zero-order valence-corrected chi connectivity index (χ0v) is 14.5. The maximum atomic E-state index is 13.0. The van der Waals surface area contributed by atoms with E-state index >= 15 is 0 Å². The van der Waals surface area contributed by atoms with Crippen LogP contribution >= 0.6 is 0 Å². The molecule has 1 atom stereocenters. The van der Waals surface area contributed by atoms with Crippen molar-refractivity contribution in [3.8, 4) is 0 Å². The van der Waals surface area contributed by atoms with Gasteiger partial charge in [-0.1, -0.05) is 19.1 Å². The van der Waals surface area contributed by atoms with Gasteiger partial charge in [-0.2, -0.15) is 5.10 Å². The molecule has 0 aliphatic carbocycles. The monoisotopic (exact) mass is 337 g/mol. The van der Waals surface area contributed by atoms with Gasteiger partial charge in [0.05, 0.1) is 24.2 Å². The van der Waals surface area contributed by atoms with Gasteiger partial charge in [0.2, 0.25) is 5.91 Å². The molecule has 1 unspecified atom stereocenters. The second-order valence-electron chi connectivity index (χ2n) is 6.72. The lowest BCUT2D eigenvalue weighted by Crippen LogP contribution is -2.39. The average Bonchev–Trinajstić information content (AvgIpc) is 3.30. The van der Waals surface area contributed by atoms with Gasteiger partial charge in [-0.15, -0.1) is 0 Å². The van der Waals surface area contributed by atoms with Crippen LogP contribution in [0.25, 0.3) is 10.9 Å². The predicted molar refractivity (Wildman–Crippen MR) is 96.2 cm³/mol. The lowest BCUT2D eigenvalue weighted by atomic mass is 9.98. The summed E-state index contributed by atoms with van der Waals surface area (Å²) in [5.74, 6) is 2.07. The molecule has 0 radical (unpaired) electrons. The fraction of sp³-hybridized carbons (Fsp3) is 0.400. The Morgan fingerprint density at radius 3 is 3.08 bits per heavy atom. The number of hydrogen-bond donors (Lipinski definition) is 1. The second-order valence-corrected chi connectivity index (χ2v) is 6.72. The molecule has 1 aliphatic rings. The van der Waals surface area contributed by atoms with Crippen LogP contribution in [0.4, 0.5) is 0 Å². The standard InChI is InChI=1S/C20H23N3O2/c1-2-16-8-9-19(25-16)18-5-3-4-10-23(18)20(24)12-14-6-7-15-13-21-22-17(15)11-14/h6-9,11,13,18H,2-5,10,12H2,1H3,(H,21,22). The average molecular weight is 337 g/mol. The minimum atomic E-state index is 0.0671. The van der Waals surface area contributed by atoms with Crippen molar-refractivity contribution < 1.29 is 9.21 Å². The van der Waals surface area contributed by atoms with Gasteiger partial charge in [0, 0.05) is 18.4 Å². The van der Waals surface area contributed by atoms with Gasteiger partial charge in [-0.25, -0.2) is 0 Å². The molecule has 1 amide bonds. The Morgan fingerprint density at radius 2 is 2.24 bits per heavy atom. The third kappa shape index (κ3) is 3.18. The van der Waals surface area contributed by atoms with Gasteiger partial charge in [-0.05, 0) is 43.0 Å². The van der Waals surface area contributed by atoms with Gasteiger partial charge < -0.3 is 9.32 Å². The minimum absolute atomic E-state index is 0.0671. The Kier molecular flexibility index (Phi) is 4.30. The molecule has 4 rings (SSSR count). The van der Waals surface area contributed by atoms with E-state index in [2.05, 4.69) is 17.1 Å². The molecular formula is C20H23N3O2. The number of likely N-dealkylation sites (tertiary alicyclic amines) is 1. The molecule has 1 N–H and O–H groups in total. The Bertz CT molecular complexity index is 880. The summed E-state index contributed by atoms with van der Waals surface area (Å²) < 4.78 is 5.94. The summed E-state index contributed by atoms with van der Waals surface area (Å²) in [6.07, 6.45) is 6.25. The maximum Gasteiger partial charge on any atom is 0.227 e. The highest BCUT2D eigenvalue weighted by molar-refractivity contribution is 5.83. The van der Waals surface area contributed by atoms with Crippen molar-refractivity contribution in [2.24, 2.45) is 0 Å². The van der Waals surface area contributed by atoms with Crippen molar-refractivity contribution in [3.05, 3.63) is 53.6 Å². The van der Waals surface area contributed by atoms with Crippen molar-refractivity contribution in [3.63, 3.8) is 0 Å². The van der Waals surface area contributed by atoms with E-state index < -0.39 is 0 Å². The molecule has 2 aromatic heterocycles. The SMILES string of the molecule is CCc1ccc(C2CCCCN2C(=O)Cc2ccc3cn[nH]c3c2)o1. The van der Waals surface area contributed by atoms with Crippen LogP contribution in [-0.4, -0.2) is 27.5 Å². The first-order valence-electron chi connectivity index (χ1n) is 9.04. The van der Waals surface area contributed by atoms with Crippen LogP contribution in [0.1, 0.15) is 49.3 Å². The van der Waals surface area contributed by atoms with E-state index in [0.717, 1.165) is 60.2 Å². The smallest absolute Gasteiger partial charge is 0.227 e. The summed E-state index contributed by atoms with van der Waals surface area (Å²) in [7, 11) is 0. The van der Waals surface area contributed by atoms with E-state index in [0.29, 0.717) is 6.42 Å². The number of aromatic amines is 1. The number of nitrogens with one attached hydrogen (secondary N) is 1. The molecule has 5 nitrogen and oxygen atoms in total. The normalized spacial score (nSPS) is 18.0. The number of aryl methyl sites for hydroxylation is 1. The lowest BCUT2D eigenvalue weighted by molar-refractivity contribution is -0.134. The van der Waals surface area contributed by atoms with Crippen LogP contribution in [0, 0.1) is 0 Å². The summed E-state index contributed by atoms with van der Waals surface area (Å²) in [6.45, 7) is 2.88. The van der Waals surface area contributed by atoms with Gasteiger partial charge in [0.15, 0.2) is 0 Å². The third-order valence-electron chi connectivity index (χ3n) is 5.04. The molecule has 3 heterocycles. The first-order valence-corrected chi connectivity index (χ1v) is 9.04. The van der Waals surface area contributed by atoms with Crippen LogP contribution < -0.4 is 0 Å². The fourth-order valence-electron chi connectivity index (χ4n) is 3.66. The highest BCUT2D eigenvalue weighted by Gasteiger charge is 2.30. The van der Waals surface area contributed by atoms with Gasteiger partial charge in [0.1, 0.15) is 11.5 Å². The number of amides is 1. The molecule has 25 heavy (non-hydrogen) atoms. The number of hydrogen-bond acceptors (Lipinski definition) is 3. The molecular weight excluding hydrogens is 314 g/mol. The van der Waals surface area contributed by atoms with Crippen molar-refractivity contribution in [2.45, 2.75) is 45.1 Å². The Morgan fingerprint density at radius 1 is 1.32 bits per heavy atom. The lowest BCUT2D eigenvalue weighted by Gasteiger charge is -2.34. The van der Waals surface area contributed by atoms with Crippen LogP contribution in [0.15, 0.2) is 40.9 Å². The molecule has 1 fully saturated rings. The molecule has 130 valence electrons. The van der Waals surface area contributed by atoms with E-state index in [1.165, 1.54) is 0 Å². The third-order valence-corrected chi connectivity index (χ3v) is 5.04. The molecule has 1 aromatic carbocycles. The number of H-pyrrole nitrogens is 1. The Balaban J connectivity index is 1.53. The van der Waals surface area contributed by atoms with Gasteiger partial charge >= 0.3 is 0 Å². The second kappa shape index (κ2) is 6.75. The van der Waals surface area contributed by atoms with E-state index in [1.807, 2.05) is 35.2 Å². The zero-order chi connectivity index (χ0) is 17.2. The first kappa shape index (κ1) is 15.9. The topological polar surface area (TPSA) is 62.1 Å². The summed E-state index contributed by atoms with van der Waals surface area (Å²) >= 11 is 0. The van der Waals surface area contributed by atoms with Gasteiger partial charge in [0.25, 0.3) is 0 Å². The van der Waals surface area contributed by atoms with Crippen molar-refractivity contribution >= 4 is 16.8 Å². The summed E-state index contributed by atoms with van der Waals surface area (Å²) in [4.78, 5) is 15.0. The van der Waals surface area contributed by atoms with Gasteiger partial charge in [-0.3, -0.25) is 9.89 Å². The summed E-state index contributed by atoms with van der Waals surface area (Å²) in [5.41, 5.74) is 1.99. The number of benzene rings is 1. The molecule has 3 aromatic rings. The molecule has 0 saturated carbocycles. The Labute approximate surface area is 147 Å². The highest BCUT2D eigenvalue weighted by atomic mass is 16.3. The number of piperidine rings is 1. The molecule has 1 aliphatic heterocycles. The van der Waals surface area contributed by atoms with E-state index in [9.17, 15) is 4.79 Å². The van der Waals surface area contributed by atoms with E-state index in [-0.39, 0.29) is 11.9 Å². The highest BCUT2D eigenvalue weighted by Crippen LogP contribution is 2.32. The number of fused-ring (bicyclic) bond motifs is 1. The fourth-order valence-corrected chi connectivity index (χ4v) is 3.66. The van der Waals surface area contributed by atoms with Crippen molar-refractivity contribution in [2.75, 3.05) is 6.54 Å². The van der Waals surface area contributed by atoms with E-state index in [4.69, 9.17) is 4.42 Å². The number of carbonyl (C=O) groups is 1. The van der Waals surface area contributed by atoms with E-state index in [1.54, 1.807) is 6.20 Å². The maximum absolute atomic E-state index is 13.0. The summed E-state index contributed by atoms with van der Waals surface area (Å²) in [5, 5.41) is 8.07. The first-order chi connectivity index (χ1) is 12.2. The molecule has 5 heteroatoms. The quantitative estimate of drug-likeness (QED) is 0.782. The molecule has 1 saturated heterocycles. The number of rotatable bonds is 4. The number of aromatic nitrogens is 2. The minimum Gasteiger partial charge on any atom is -0.464 e. The number of carbonyl (C=O) groups excluding carboxylic acids is 1. The van der Waals surface area contributed by atoms with Crippen LogP contribution in [0.5, 0.6) is 0 Å². The van der Waals surface area contributed by atoms with Crippen molar-refractivity contribution in [1.82, 2.24) is 15.1 Å². The molecule has 0 bridgehead atoms. The van der Waals surface area contributed by atoms with Crippen LogP contribution in [0.2, 0.25) is 0 Å². The summed E-state index contributed by atoms with van der Waals surface area (Å²) in [6, 6.07) is 10.2. The molecule has 0 spiro atoms. The number of nitrogens with zero attached hydrogens (tertiary/aromatic N) is 2. The van der Waals surface area contributed by atoms with Crippen molar-refractivity contribution in [1.29, 1.82) is 0 Å². The zero-order valence-electron chi connectivity index (χ0n) is 14.5. The Hall–Kier alpha value is -2.56.